The summed E-state index contributed by atoms with van der Waals surface area (Å²) in [4.78, 5) is 19.6. The van der Waals surface area contributed by atoms with E-state index in [1.807, 2.05) is 48.5 Å². The first-order chi connectivity index (χ1) is 22.3. The second kappa shape index (κ2) is 10.2. The Labute approximate surface area is 258 Å². The summed E-state index contributed by atoms with van der Waals surface area (Å²) in [5.74, 6) is 1.75. The molecule has 0 N–H and O–H groups in total. The molecule has 5 heteroatoms. The molecule has 0 fully saturated rings. The maximum Gasteiger partial charge on any atom is 0.227 e. The van der Waals surface area contributed by atoms with Crippen LogP contribution < -0.4 is 0 Å². The summed E-state index contributed by atoms with van der Waals surface area (Å²) in [6.45, 7) is 0. The summed E-state index contributed by atoms with van der Waals surface area (Å²) in [7, 11) is 0. The van der Waals surface area contributed by atoms with Crippen molar-refractivity contribution in [2.24, 2.45) is 0 Å². The largest absolute Gasteiger partial charge is 0.437 e. The van der Waals surface area contributed by atoms with Crippen LogP contribution in [0.5, 0.6) is 0 Å². The fourth-order valence-electron chi connectivity index (χ4n) is 6.24. The van der Waals surface area contributed by atoms with E-state index in [4.69, 9.17) is 19.4 Å². The number of furan rings is 1. The predicted molar refractivity (Wildman–Crippen MR) is 182 cm³/mol. The molecule has 0 saturated carbocycles. The van der Waals surface area contributed by atoms with Gasteiger partial charge in [-0.05, 0) is 50.9 Å². The molecule has 3 aromatic heterocycles. The van der Waals surface area contributed by atoms with Crippen LogP contribution in [-0.2, 0) is 0 Å². The Bertz CT molecular complexity index is 2530. The molecule has 5 nitrogen and oxygen atoms in total. The minimum Gasteiger partial charge on any atom is -0.437 e. The van der Waals surface area contributed by atoms with Crippen molar-refractivity contribution in [2.75, 3.05) is 0 Å². The van der Waals surface area contributed by atoms with Gasteiger partial charge in [0.2, 0.25) is 5.71 Å². The number of benzene rings is 6. The SMILES string of the molecule is c1ccc(-c2nc(-c3ccc(-c4cccc5ccccc45)cc3)nc(-c3cc4ccccc4c4c3oc3ncccc34)n2)cc1. The van der Waals surface area contributed by atoms with E-state index in [1.165, 1.54) is 16.3 Å². The van der Waals surface area contributed by atoms with Gasteiger partial charge in [0.25, 0.3) is 0 Å². The summed E-state index contributed by atoms with van der Waals surface area (Å²) in [6, 6.07) is 47.8. The quantitative estimate of drug-likeness (QED) is 0.209. The van der Waals surface area contributed by atoms with Crippen LogP contribution in [0.4, 0.5) is 0 Å². The zero-order chi connectivity index (χ0) is 29.7. The second-order valence-electron chi connectivity index (χ2n) is 11.1. The summed E-state index contributed by atoms with van der Waals surface area (Å²) in [5, 5.41) is 6.60. The topological polar surface area (TPSA) is 64.7 Å². The molecular weight excluding hydrogens is 552 g/mol. The molecule has 0 aliphatic rings. The van der Waals surface area contributed by atoms with E-state index in [1.54, 1.807) is 6.20 Å². The van der Waals surface area contributed by atoms with Gasteiger partial charge >= 0.3 is 0 Å². The Morgan fingerprint density at radius 2 is 1.04 bits per heavy atom. The van der Waals surface area contributed by atoms with E-state index in [0.29, 0.717) is 28.8 Å². The third kappa shape index (κ3) is 4.25. The van der Waals surface area contributed by atoms with Crippen LogP contribution in [0.3, 0.4) is 0 Å². The van der Waals surface area contributed by atoms with Gasteiger partial charge in [0.15, 0.2) is 17.5 Å². The maximum atomic E-state index is 6.43. The molecule has 210 valence electrons. The smallest absolute Gasteiger partial charge is 0.227 e. The van der Waals surface area contributed by atoms with Gasteiger partial charge in [0, 0.05) is 28.1 Å². The molecule has 0 aliphatic carbocycles. The van der Waals surface area contributed by atoms with Gasteiger partial charge in [-0.2, -0.15) is 0 Å². The van der Waals surface area contributed by atoms with E-state index in [2.05, 4.69) is 96.0 Å². The van der Waals surface area contributed by atoms with Crippen LogP contribution in [0.2, 0.25) is 0 Å². The van der Waals surface area contributed by atoms with Gasteiger partial charge in [0.1, 0.15) is 5.58 Å². The Balaban J connectivity index is 1.26. The molecule has 45 heavy (non-hydrogen) atoms. The van der Waals surface area contributed by atoms with Crippen LogP contribution in [0.1, 0.15) is 0 Å². The lowest BCUT2D eigenvalue weighted by atomic mass is 9.97. The second-order valence-corrected chi connectivity index (χ2v) is 11.1. The maximum absolute atomic E-state index is 6.43. The molecule has 0 bridgehead atoms. The van der Waals surface area contributed by atoms with Gasteiger partial charge in [-0.1, -0.05) is 121 Å². The van der Waals surface area contributed by atoms with Crippen LogP contribution in [0.25, 0.3) is 88.9 Å². The highest BCUT2D eigenvalue weighted by molar-refractivity contribution is 6.21. The summed E-state index contributed by atoms with van der Waals surface area (Å²) >= 11 is 0. The number of rotatable bonds is 4. The van der Waals surface area contributed by atoms with Gasteiger partial charge in [0.05, 0.1) is 5.56 Å². The average molecular weight is 577 g/mol. The average Bonchev–Trinajstić information content (AvgIpc) is 3.51. The van der Waals surface area contributed by atoms with Crippen LogP contribution >= 0.6 is 0 Å². The highest BCUT2D eigenvalue weighted by Gasteiger charge is 2.20. The van der Waals surface area contributed by atoms with E-state index in [0.717, 1.165) is 43.8 Å². The first-order valence-corrected chi connectivity index (χ1v) is 14.9. The fourth-order valence-corrected chi connectivity index (χ4v) is 6.24. The zero-order valence-corrected chi connectivity index (χ0v) is 24.1. The highest BCUT2D eigenvalue weighted by Crippen LogP contribution is 2.40. The number of hydrogen-bond donors (Lipinski definition) is 0. The molecule has 0 saturated heterocycles. The van der Waals surface area contributed by atoms with Crippen molar-refractivity contribution < 1.29 is 4.42 Å². The van der Waals surface area contributed by atoms with Gasteiger partial charge < -0.3 is 4.42 Å². The number of nitrogens with zero attached hydrogens (tertiary/aromatic N) is 4. The molecular formula is C40H24N4O. The summed E-state index contributed by atoms with van der Waals surface area (Å²) in [6.07, 6.45) is 1.75. The minimum atomic E-state index is 0.548. The first kappa shape index (κ1) is 25.3. The van der Waals surface area contributed by atoms with Crippen molar-refractivity contribution in [3.63, 3.8) is 0 Å². The molecule has 0 amide bonds. The van der Waals surface area contributed by atoms with Crippen molar-refractivity contribution in [3.05, 3.63) is 146 Å². The van der Waals surface area contributed by atoms with Crippen molar-refractivity contribution in [2.45, 2.75) is 0 Å². The molecule has 6 aromatic carbocycles. The Morgan fingerprint density at radius 3 is 1.87 bits per heavy atom. The monoisotopic (exact) mass is 576 g/mol. The standard InChI is InChI=1S/C40H24N4O/c1-2-11-27(12-3-1)37-42-38(28-21-19-26(20-22-28)31-17-8-14-25-10-4-6-15-30(25)31)44-39(43-37)34-24-29-13-5-7-16-32(29)35-33-18-9-23-41-40(33)45-36(34)35/h1-24H. The van der Waals surface area contributed by atoms with Crippen molar-refractivity contribution in [1.82, 2.24) is 19.9 Å². The molecule has 9 rings (SSSR count). The molecule has 0 unspecified atom stereocenters. The van der Waals surface area contributed by atoms with Gasteiger partial charge in [-0.25, -0.2) is 19.9 Å². The number of aromatic nitrogens is 4. The predicted octanol–water partition coefficient (Wildman–Crippen LogP) is 10.1. The normalized spacial score (nSPS) is 11.6. The van der Waals surface area contributed by atoms with Crippen LogP contribution in [0.15, 0.2) is 150 Å². The molecule has 0 radical (unpaired) electrons. The van der Waals surface area contributed by atoms with E-state index >= 15 is 0 Å². The zero-order valence-electron chi connectivity index (χ0n) is 24.1. The minimum absolute atomic E-state index is 0.548. The molecule has 0 aliphatic heterocycles. The Kier molecular flexibility index (Phi) is 5.74. The first-order valence-electron chi connectivity index (χ1n) is 14.9. The molecule has 9 aromatic rings. The number of fused-ring (bicyclic) bond motifs is 6. The molecule has 0 atom stereocenters. The number of hydrogen-bond acceptors (Lipinski definition) is 5. The van der Waals surface area contributed by atoms with E-state index in [-0.39, 0.29) is 0 Å². The van der Waals surface area contributed by atoms with Gasteiger partial charge in [-0.3, -0.25) is 0 Å². The van der Waals surface area contributed by atoms with Crippen molar-refractivity contribution >= 4 is 43.6 Å². The van der Waals surface area contributed by atoms with Gasteiger partial charge in [-0.15, -0.1) is 0 Å². The summed E-state index contributed by atoms with van der Waals surface area (Å²) in [5.41, 5.74) is 6.25. The van der Waals surface area contributed by atoms with E-state index < -0.39 is 0 Å². The Morgan fingerprint density at radius 1 is 0.422 bits per heavy atom. The Hall–Kier alpha value is -6.20. The third-order valence-electron chi connectivity index (χ3n) is 8.39. The van der Waals surface area contributed by atoms with Crippen LogP contribution in [-0.4, -0.2) is 19.9 Å². The summed E-state index contributed by atoms with van der Waals surface area (Å²) < 4.78 is 6.43. The van der Waals surface area contributed by atoms with Crippen LogP contribution in [0, 0.1) is 0 Å². The lowest BCUT2D eigenvalue weighted by Gasteiger charge is -2.11. The molecule has 0 spiro atoms. The lowest BCUT2D eigenvalue weighted by Crippen LogP contribution is -2.00. The van der Waals surface area contributed by atoms with Crippen molar-refractivity contribution in [3.8, 4) is 45.3 Å². The third-order valence-corrected chi connectivity index (χ3v) is 8.39. The lowest BCUT2D eigenvalue weighted by molar-refractivity contribution is 0.655. The fraction of sp³-hybridized carbons (Fsp3) is 0. The number of pyridine rings is 1. The molecule has 3 heterocycles. The highest BCUT2D eigenvalue weighted by atomic mass is 16.3. The van der Waals surface area contributed by atoms with E-state index in [9.17, 15) is 0 Å². The van der Waals surface area contributed by atoms with Crippen molar-refractivity contribution in [1.29, 1.82) is 0 Å².